The van der Waals surface area contributed by atoms with Crippen molar-refractivity contribution in [3.8, 4) is 5.75 Å². The maximum absolute atomic E-state index is 13.1. The smallest absolute Gasteiger partial charge is 0.263 e. The van der Waals surface area contributed by atoms with E-state index < -0.39 is 0 Å². The van der Waals surface area contributed by atoms with Crippen molar-refractivity contribution in [3.63, 3.8) is 0 Å². The van der Waals surface area contributed by atoms with Crippen molar-refractivity contribution >= 4 is 39.1 Å². The van der Waals surface area contributed by atoms with Gasteiger partial charge in [-0.15, -0.1) is 17.9 Å². The first-order valence-electron chi connectivity index (χ1n) is 9.58. The van der Waals surface area contributed by atoms with Gasteiger partial charge < -0.3 is 4.74 Å². The van der Waals surface area contributed by atoms with E-state index in [1.807, 2.05) is 12.1 Å². The zero-order chi connectivity index (χ0) is 20.4. The molecule has 1 fully saturated rings. The molecule has 1 aliphatic carbocycles. The Bertz CT molecular complexity index is 1130. The molecule has 2 aromatic heterocycles. The van der Waals surface area contributed by atoms with Crippen LogP contribution in [0, 0.1) is 0 Å². The fourth-order valence-corrected chi connectivity index (χ4v) is 5.18. The standard InChI is InChI=1S/C22H22N2O3S2/c1-3-10-24-21(26)19-17(15-8-9-15)13-29-20(19)23-22(24)28-12-11-27-18-7-5-4-6-16(18)14(2)25/h3-7,13,15H,1,8-12H2,2H3. The third-order valence-electron chi connectivity index (χ3n) is 4.85. The number of benzene rings is 1. The van der Waals surface area contributed by atoms with Gasteiger partial charge in [-0.2, -0.15) is 0 Å². The van der Waals surface area contributed by atoms with Crippen molar-refractivity contribution in [2.45, 2.75) is 37.4 Å². The van der Waals surface area contributed by atoms with E-state index in [0.29, 0.717) is 41.3 Å². The molecule has 150 valence electrons. The number of thiophene rings is 1. The van der Waals surface area contributed by atoms with Crippen LogP contribution < -0.4 is 10.3 Å². The summed E-state index contributed by atoms with van der Waals surface area (Å²) in [5.41, 5.74) is 1.75. The number of allylic oxidation sites excluding steroid dienone is 1. The molecule has 0 N–H and O–H groups in total. The fourth-order valence-electron chi connectivity index (χ4n) is 3.29. The Hall–Kier alpha value is -2.38. The van der Waals surface area contributed by atoms with E-state index in [1.54, 1.807) is 34.1 Å². The first kappa shape index (κ1) is 19.9. The summed E-state index contributed by atoms with van der Waals surface area (Å²) in [5, 5.41) is 3.54. The fraction of sp³-hybridized carbons (Fsp3) is 0.318. The molecule has 7 heteroatoms. The third-order valence-corrected chi connectivity index (χ3v) is 6.69. The van der Waals surface area contributed by atoms with Crippen molar-refractivity contribution in [1.82, 2.24) is 9.55 Å². The highest BCUT2D eigenvalue weighted by Crippen LogP contribution is 2.44. The zero-order valence-corrected chi connectivity index (χ0v) is 17.9. The van der Waals surface area contributed by atoms with Gasteiger partial charge in [-0.05, 0) is 48.8 Å². The van der Waals surface area contributed by atoms with E-state index >= 15 is 0 Å². The van der Waals surface area contributed by atoms with Gasteiger partial charge in [-0.1, -0.05) is 30.0 Å². The Kier molecular flexibility index (Phi) is 5.87. The maximum atomic E-state index is 13.1. The summed E-state index contributed by atoms with van der Waals surface area (Å²) in [7, 11) is 0. The van der Waals surface area contributed by atoms with E-state index in [4.69, 9.17) is 9.72 Å². The van der Waals surface area contributed by atoms with Crippen LogP contribution in [0.5, 0.6) is 5.75 Å². The summed E-state index contributed by atoms with van der Waals surface area (Å²) in [5.74, 6) is 1.69. The van der Waals surface area contributed by atoms with Gasteiger partial charge in [-0.25, -0.2) is 4.98 Å². The number of ether oxygens (including phenoxy) is 1. The molecule has 29 heavy (non-hydrogen) atoms. The second kappa shape index (κ2) is 8.55. The number of Topliss-reactive ketones (excluding diaryl/α,β-unsaturated/α-hetero) is 1. The van der Waals surface area contributed by atoms with Crippen LogP contribution in [-0.2, 0) is 6.54 Å². The van der Waals surface area contributed by atoms with Crippen molar-refractivity contribution in [2.75, 3.05) is 12.4 Å². The number of thioether (sulfide) groups is 1. The molecule has 1 aromatic carbocycles. The molecular weight excluding hydrogens is 404 g/mol. The van der Waals surface area contributed by atoms with Crippen LogP contribution in [0.3, 0.4) is 0 Å². The summed E-state index contributed by atoms with van der Waals surface area (Å²) < 4.78 is 7.50. The predicted molar refractivity (Wildman–Crippen MR) is 119 cm³/mol. The number of para-hydroxylation sites is 1. The minimum absolute atomic E-state index is 0.0170. The van der Waals surface area contributed by atoms with Crippen LogP contribution in [0.1, 0.15) is 41.6 Å². The zero-order valence-electron chi connectivity index (χ0n) is 16.2. The summed E-state index contributed by atoms with van der Waals surface area (Å²) >= 11 is 3.03. The molecule has 0 amide bonds. The number of nitrogens with zero attached hydrogens (tertiary/aromatic N) is 2. The lowest BCUT2D eigenvalue weighted by Crippen LogP contribution is -2.23. The highest BCUT2D eigenvalue weighted by molar-refractivity contribution is 7.99. The van der Waals surface area contributed by atoms with Crippen LogP contribution >= 0.6 is 23.1 Å². The van der Waals surface area contributed by atoms with E-state index in [1.165, 1.54) is 18.7 Å². The Balaban J connectivity index is 1.52. The molecular formula is C22H22N2O3S2. The summed E-state index contributed by atoms with van der Waals surface area (Å²) in [6.07, 6.45) is 4.03. The second-order valence-electron chi connectivity index (χ2n) is 6.99. The molecule has 0 unspecified atom stereocenters. The van der Waals surface area contributed by atoms with Crippen molar-refractivity contribution < 1.29 is 9.53 Å². The quantitative estimate of drug-likeness (QED) is 0.160. The number of rotatable bonds is 9. The average molecular weight is 427 g/mol. The number of aromatic nitrogens is 2. The van der Waals surface area contributed by atoms with Gasteiger partial charge in [0.15, 0.2) is 10.9 Å². The summed E-state index contributed by atoms with van der Waals surface area (Å²) in [4.78, 5) is 30.4. The predicted octanol–water partition coefficient (Wildman–Crippen LogP) is 4.90. The Morgan fingerprint density at radius 3 is 2.93 bits per heavy atom. The normalized spacial score (nSPS) is 13.6. The topological polar surface area (TPSA) is 61.2 Å². The van der Waals surface area contributed by atoms with Crippen LogP contribution in [0.2, 0.25) is 0 Å². The van der Waals surface area contributed by atoms with E-state index in [9.17, 15) is 9.59 Å². The Morgan fingerprint density at radius 2 is 2.21 bits per heavy atom. The molecule has 1 saturated carbocycles. The minimum Gasteiger partial charge on any atom is -0.492 e. The second-order valence-corrected chi connectivity index (χ2v) is 8.91. The number of carbonyl (C=O) groups excluding carboxylic acids is 1. The third kappa shape index (κ3) is 4.16. The number of ketones is 1. The van der Waals surface area contributed by atoms with Gasteiger partial charge >= 0.3 is 0 Å². The van der Waals surface area contributed by atoms with Gasteiger partial charge in [0, 0.05) is 12.3 Å². The Morgan fingerprint density at radius 1 is 1.41 bits per heavy atom. The largest absolute Gasteiger partial charge is 0.492 e. The van der Waals surface area contributed by atoms with Crippen LogP contribution in [-0.4, -0.2) is 27.7 Å². The van der Waals surface area contributed by atoms with E-state index in [-0.39, 0.29) is 11.3 Å². The lowest BCUT2D eigenvalue weighted by molar-refractivity contribution is 0.101. The maximum Gasteiger partial charge on any atom is 0.263 e. The van der Waals surface area contributed by atoms with Crippen LogP contribution in [0.4, 0.5) is 0 Å². The number of fused-ring (bicyclic) bond motifs is 1. The van der Waals surface area contributed by atoms with Gasteiger partial charge in [0.05, 0.1) is 17.6 Å². The molecule has 0 spiro atoms. The van der Waals surface area contributed by atoms with Crippen molar-refractivity contribution in [3.05, 3.63) is 63.8 Å². The first-order valence-corrected chi connectivity index (χ1v) is 11.4. The highest BCUT2D eigenvalue weighted by atomic mass is 32.2. The van der Waals surface area contributed by atoms with Crippen LogP contribution in [0.15, 0.2) is 52.3 Å². The van der Waals surface area contributed by atoms with Crippen molar-refractivity contribution in [1.29, 1.82) is 0 Å². The number of hydrogen-bond acceptors (Lipinski definition) is 6. The average Bonchev–Trinajstić information content (AvgIpc) is 3.47. The molecule has 4 rings (SSSR count). The monoisotopic (exact) mass is 426 g/mol. The summed E-state index contributed by atoms with van der Waals surface area (Å²) in [6.45, 7) is 6.16. The highest BCUT2D eigenvalue weighted by Gasteiger charge is 2.28. The lowest BCUT2D eigenvalue weighted by atomic mass is 10.1. The molecule has 0 atom stereocenters. The van der Waals surface area contributed by atoms with E-state index in [2.05, 4.69) is 12.0 Å². The number of hydrogen-bond donors (Lipinski definition) is 0. The molecule has 5 nitrogen and oxygen atoms in total. The summed E-state index contributed by atoms with van der Waals surface area (Å²) in [6, 6.07) is 7.23. The Labute approximate surface area is 177 Å². The van der Waals surface area contributed by atoms with E-state index in [0.717, 1.165) is 28.6 Å². The molecule has 3 aromatic rings. The SMILES string of the molecule is C=CCn1c(SCCOc2ccccc2C(C)=O)nc2scc(C3CC3)c2c1=O. The van der Waals surface area contributed by atoms with Gasteiger partial charge in [0.2, 0.25) is 0 Å². The lowest BCUT2D eigenvalue weighted by Gasteiger charge is -2.12. The minimum atomic E-state index is -0.0237. The molecule has 0 bridgehead atoms. The molecule has 0 aliphatic heterocycles. The molecule has 0 saturated heterocycles. The van der Waals surface area contributed by atoms with Crippen LogP contribution in [0.25, 0.3) is 10.2 Å². The van der Waals surface area contributed by atoms with Gasteiger partial charge in [0.25, 0.3) is 5.56 Å². The van der Waals surface area contributed by atoms with Gasteiger partial charge in [-0.3, -0.25) is 14.2 Å². The van der Waals surface area contributed by atoms with Crippen molar-refractivity contribution in [2.24, 2.45) is 0 Å². The molecule has 1 aliphatic rings. The molecule has 0 radical (unpaired) electrons. The first-order chi connectivity index (χ1) is 14.1. The number of carbonyl (C=O) groups is 1. The van der Waals surface area contributed by atoms with Gasteiger partial charge in [0.1, 0.15) is 10.6 Å². The molecule has 2 heterocycles.